The summed E-state index contributed by atoms with van der Waals surface area (Å²) in [4.78, 5) is 2.43. The van der Waals surface area contributed by atoms with Gasteiger partial charge in [0, 0.05) is 24.8 Å². The summed E-state index contributed by atoms with van der Waals surface area (Å²) in [5.74, 6) is 0. The zero-order valence-electron chi connectivity index (χ0n) is 10.1. The molecule has 2 rings (SSSR count). The third kappa shape index (κ3) is 3.48. The van der Waals surface area contributed by atoms with E-state index < -0.39 is 0 Å². The van der Waals surface area contributed by atoms with E-state index in [-0.39, 0.29) is 18.4 Å². The van der Waals surface area contributed by atoms with Gasteiger partial charge in [0.2, 0.25) is 0 Å². The van der Waals surface area contributed by atoms with Crippen molar-refractivity contribution in [2.45, 2.75) is 25.3 Å². The van der Waals surface area contributed by atoms with E-state index in [2.05, 4.69) is 35.7 Å². The molecular formula is C14H21ClN2. The van der Waals surface area contributed by atoms with Crippen LogP contribution in [0.25, 0.3) is 0 Å². The van der Waals surface area contributed by atoms with E-state index in [1.165, 1.54) is 37.2 Å². The topological polar surface area (TPSA) is 29.3 Å². The molecule has 0 spiro atoms. The predicted octanol–water partition coefficient (Wildman–Crippen LogP) is 3.28. The lowest BCUT2D eigenvalue weighted by molar-refractivity contribution is 0.741. The summed E-state index contributed by atoms with van der Waals surface area (Å²) in [5, 5.41) is 0. The van der Waals surface area contributed by atoms with Crippen molar-refractivity contribution < 1.29 is 0 Å². The lowest BCUT2D eigenvalue weighted by Gasteiger charge is -2.18. The molecule has 2 N–H and O–H groups in total. The van der Waals surface area contributed by atoms with Crippen molar-refractivity contribution >= 4 is 18.1 Å². The van der Waals surface area contributed by atoms with Gasteiger partial charge in [-0.05, 0) is 37.0 Å². The van der Waals surface area contributed by atoms with Crippen LogP contribution in [-0.2, 0) is 0 Å². The minimum Gasteiger partial charge on any atom is -0.372 e. The van der Waals surface area contributed by atoms with Gasteiger partial charge < -0.3 is 10.6 Å². The Balaban J connectivity index is 0.00000144. The van der Waals surface area contributed by atoms with Crippen molar-refractivity contribution in [3.05, 3.63) is 42.5 Å². The number of benzene rings is 1. The number of nitrogens with zero attached hydrogens (tertiary/aromatic N) is 1. The van der Waals surface area contributed by atoms with Gasteiger partial charge in [-0.1, -0.05) is 18.2 Å². The normalized spacial score (nSPS) is 16.4. The van der Waals surface area contributed by atoms with Crippen LogP contribution >= 0.6 is 12.4 Å². The highest BCUT2D eigenvalue weighted by Crippen LogP contribution is 2.22. The molecule has 2 nitrogen and oxygen atoms in total. The first-order valence-corrected chi connectivity index (χ1v) is 6.02. The quantitative estimate of drug-likeness (QED) is 0.834. The highest BCUT2D eigenvalue weighted by molar-refractivity contribution is 5.85. The molecule has 0 amide bonds. The van der Waals surface area contributed by atoms with Gasteiger partial charge in [-0.15, -0.1) is 19.0 Å². The Morgan fingerprint density at radius 1 is 1.24 bits per heavy atom. The Morgan fingerprint density at radius 2 is 1.82 bits per heavy atom. The molecule has 1 fully saturated rings. The number of halogens is 1. The Bertz CT molecular complexity index is 342. The lowest BCUT2D eigenvalue weighted by atomic mass is 10.0. The standard InChI is InChI=1S/C14H20N2.ClH/c1-2-5-14(15)12-6-8-13(9-7-12)16-10-3-4-11-16;/h2,6-9,14H,1,3-5,10-11,15H2;1H/t14-;/m1./s1. The fourth-order valence-electron chi connectivity index (χ4n) is 2.22. The molecule has 94 valence electrons. The minimum atomic E-state index is 0. The largest absolute Gasteiger partial charge is 0.372 e. The molecule has 3 heteroatoms. The molecule has 0 radical (unpaired) electrons. The Labute approximate surface area is 110 Å². The van der Waals surface area contributed by atoms with Crippen LogP contribution in [0.4, 0.5) is 5.69 Å². The number of nitrogens with two attached hydrogens (primary N) is 1. The molecule has 1 aromatic carbocycles. The molecule has 17 heavy (non-hydrogen) atoms. The third-order valence-electron chi connectivity index (χ3n) is 3.21. The molecule has 1 heterocycles. The Kier molecular flexibility index (Phi) is 5.52. The second kappa shape index (κ2) is 6.67. The first kappa shape index (κ1) is 14.1. The van der Waals surface area contributed by atoms with Gasteiger partial charge in [-0.2, -0.15) is 0 Å². The maximum atomic E-state index is 6.02. The van der Waals surface area contributed by atoms with Crippen LogP contribution in [0.1, 0.15) is 30.9 Å². The van der Waals surface area contributed by atoms with Gasteiger partial charge in [0.1, 0.15) is 0 Å². The van der Waals surface area contributed by atoms with Gasteiger partial charge in [-0.25, -0.2) is 0 Å². The second-order valence-electron chi connectivity index (χ2n) is 4.42. The Morgan fingerprint density at radius 3 is 2.35 bits per heavy atom. The van der Waals surface area contributed by atoms with E-state index in [1.807, 2.05) is 6.08 Å². The summed E-state index contributed by atoms with van der Waals surface area (Å²) in [6.07, 6.45) is 5.34. The maximum absolute atomic E-state index is 6.02. The molecule has 1 atom stereocenters. The summed E-state index contributed by atoms with van der Waals surface area (Å²) in [6, 6.07) is 8.74. The van der Waals surface area contributed by atoms with Crippen LogP contribution in [0.15, 0.2) is 36.9 Å². The van der Waals surface area contributed by atoms with Crippen LogP contribution in [0.2, 0.25) is 0 Å². The van der Waals surface area contributed by atoms with Crippen molar-refractivity contribution in [3.63, 3.8) is 0 Å². The zero-order valence-corrected chi connectivity index (χ0v) is 11.0. The minimum absolute atomic E-state index is 0. The fraction of sp³-hybridized carbons (Fsp3) is 0.429. The number of hydrogen-bond acceptors (Lipinski definition) is 2. The highest BCUT2D eigenvalue weighted by atomic mass is 35.5. The molecule has 1 aliphatic rings. The predicted molar refractivity (Wildman–Crippen MR) is 76.9 cm³/mol. The van der Waals surface area contributed by atoms with Crippen LogP contribution in [0, 0.1) is 0 Å². The highest BCUT2D eigenvalue weighted by Gasteiger charge is 2.12. The summed E-state index contributed by atoms with van der Waals surface area (Å²) >= 11 is 0. The second-order valence-corrected chi connectivity index (χ2v) is 4.42. The molecule has 0 unspecified atom stereocenters. The molecule has 1 aliphatic heterocycles. The van der Waals surface area contributed by atoms with Crippen LogP contribution in [0.3, 0.4) is 0 Å². The van der Waals surface area contributed by atoms with E-state index in [0.29, 0.717) is 0 Å². The summed E-state index contributed by atoms with van der Waals surface area (Å²) in [7, 11) is 0. The zero-order chi connectivity index (χ0) is 11.4. The van der Waals surface area contributed by atoms with Crippen LogP contribution in [-0.4, -0.2) is 13.1 Å². The number of rotatable bonds is 4. The van der Waals surface area contributed by atoms with Gasteiger partial charge >= 0.3 is 0 Å². The van der Waals surface area contributed by atoms with Crippen LogP contribution < -0.4 is 10.6 Å². The molecule has 0 bridgehead atoms. The van der Waals surface area contributed by atoms with Crippen molar-refractivity contribution in [2.75, 3.05) is 18.0 Å². The molecule has 0 aromatic heterocycles. The first-order valence-electron chi connectivity index (χ1n) is 6.02. The maximum Gasteiger partial charge on any atom is 0.0366 e. The van der Waals surface area contributed by atoms with Crippen molar-refractivity contribution in [2.24, 2.45) is 5.73 Å². The van der Waals surface area contributed by atoms with Gasteiger partial charge in [0.15, 0.2) is 0 Å². The molecule has 1 saturated heterocycles. The average Bonchev–Trinajstić information content (AvgIpc) is 2.83. The van der Waals surface area contributed by atoms with Crippen molar-refractivity contribution in [1.29, 1.82) is 0 Å². The summed E-state index contributed by atoms with van der Waals surface area (Å²) in [5.41, 5.74) is 8.55. The summed E-state index contributed by atoms with van der Waals surface area (Å²) < 4.78 is 0. The molecule has 0 saturated carbocycles. The van der Waals surface area contributed by atoms with E-state index in [0.717, 1.165) is 6.42 Å². The number of anilines is 1. The van der Waals surface area contributed by atoms with E-state index >= 15 is 0 Å². The monoisotopic (exact) mass is 252 g/mol. The van der Waals surface area contributed by atoms with Crippen LogP contribution in [0.5, 0.6) is 0 Å². The van der Waals surface area contributed by atoms with Gasteiger partial charge in [0.25, 0.3) is 0 Å². The van der Waals surface area contributed by atoms with Crippen molar-refractivity contribution in [3.8, 4) is 0 Å². The SMILES string of the molecule is C=CC[C@@H](N)c1ccc(N2CCCC2)cc1.Cl. The van der Waals surface area contributed by atoms with E-state index in [4.69, 9.17) is 5.73 Å². The smallest absolute Gasteiger partial charge is 0.0366 e. The van der Waals surface area contributed by atoms with E-state index in [1.54, 1.807) is 0 Å². The fourth-order valence-corrected chi connectivity index (χ4v) is 2.22. The summed E-state index contributed by atoms with van der Waals surface area (Å²) in [6.45, 7) is 6.10. The first-order chi connectivity index (χ1) is 7.81. The molecule has 1 aromatic rings. The van der Waals surface area contributed by atoms with Crippen molar-refractivity contribution in [1.82, 2.24) is 0 Å². The molecular weight excluding hydrogens is 232 g/mol. The third-order valence-corrected chi connectivity index (χ3v) is 3.21. The van der Waals surface area contributed by atoms with Gasteiger partial charge in [-0.3, -0.25) is 0 Å². The van der Waals surface area contributed by atoms with Gasteiger partial charge in [0.05, 0.1) is 0 Å². The van der Waals surface area contributed by atoms with E-state index in [9.17, 15) is 0 Å². The molecule has 0 aliphatic carbocycles. The average molecular weight is 253 g/mol. The number of hydrogen-bond donors (Lipinski definition) is 1. The Hall–Kier alpha value is -0.990. The lowest BCUT2D eigenvalue weighted by Crippen LogP contribution is -2.17.